The number of aryl methyl sites for hydroxylation is 2. The normalized spacial score (nSPS) is 20.0. The molecule has 0 unspecified atom stereocenters. The van der Waals surface area contributed by atoms with Gasteiger partial charge in [-0.15, -0.1) is 22.7 Å². The van der Waals surface area contributed by atoms with Crippen molar-refractivity contribution < 1.29 is 9.59 Å². The number of pyridine rings is 1. The summed E-state index contributed by atoms with van der Waals surface area (Å²) < 4.78 is 0. The van der Waals surface area contributed by atoms with E-state index in [1.165, 1.54) is 11.3 Å². The van der Waals surface area contributed by atoms with Gasteiger partial charge in [0, 0.05) is 62.7 Å². The van der Waals surface area contributed by atoms with E-state index in [0.29, 0.717) is 30.5 Å². The highest BCUT2D eigenvalue weighted by Crippen LogP contribution is 2.50. The van der Waals surface area contributed by atoms with E-state index in [9.17, 15) is 14.9 Å². The van der Waals surface area contributed by atoms with Crippen molar-refractivity contribution in [1.82, 2.24) is 29.7 Å². The average molecular weight is 593 g/mol. The lowest BCUT2D eigenvalue weighted by Gasteiger charge is -2.61. The molecular weight excluding hydrogens is 557 g/mol. The van der Waals surface area contributed by atoms with Crippen molar-refractivity contribution in [2.24, 2.45) is 5.41 Å². The fourth-order valence-corrected chi connectivity index (χ4v) is 7.67. The number of carbonyl (C=O) groups is 2. The third-order valence-electron chi connectivity index (χ3n) is 8.06. The van der Waals surface area contributed by atoms with Crippen LogP contribution in [0.2, 0.25) is 0 Å². The first-order chi connectivity index (χ1) is 19.7. The number of aromatic nitrogens is 3. The van der Waals surface area contributed by atoms with E-state index in [4.69, 9.17) is 0 Å². The molecular formula is C29H36N8O2S2. The number of piperazine rings is 1. The molecule has 41 heavy (non-hydrogen) atoms. The number of amides is 2. The topological polar surface area (TPSA) is 118 Å². The third-order valence-corrected chi connectivity index (χ3v) is 9.91. The van der Waals surface area contributed by atoms with Crippen LogP contribution in [0.5, 0.6) is 0 Å². The number of hydrogen-bond donors (Lipinski definition) is 1. The van der Waals surface area contributed by atoms with Gasteiger partial charge < -0.3 is 15.1 Å². The van der Waals surface area contributed by atoms with Gasteiger partial charge in [0.2, 0.25) is 5.91 Å². The zero-order chi connectivity index (χ0) is 29.3. The molecule has 216 valence electrons. The molecule has 10 nitrogen and oxygen atoms in total. The molecule has 0 radical (unpaired) electrons. The molecule has 1 N–H and O–H groups in total. The van der Waals surface area contributed by atoms with Crippen LogP contribution in [0.1, 0.15) is 54.7 Å². The minimum absolute atomic E-state index is 0.147. The highest BCUT2D eigenvalue weighted by Gasteiger charge is 2.55. The van der Waals surface area contributed by atoms with E-state index >= 15 is 0 Å². The van der Waals surface area contributed by atoms with Crippen LogP contribution in [0.25, 0.3) is 10.6 Å². The summed E-state index contributed by atoms with van der Waals surface area (Å²) in [5.74, 6) is 0.576. The number of thiazole rings is 2. The Kier molecular flexibility index (Phi) is 8.40. The van der Waals surface area contributed by atoms with Crippen LogP contribution < -0.4 is 5.32 Å². The van der Waals surface area contributed by atoms with Gasteiger partial charge in [0.1, 0.15) is 11.9 Å². The first kappa shape index (κ1) is 29.1. The molecule has 3 aromatic heterocycles. The molecule has 1 spiro atoms. The SMILES string of the molecule is CC.CC(=O)N1CC2(CC(N3CCN(C(=O)c4ccc(Nc5nc(-c6sc(C)nc6C)cs5)nc4)[C@H](C#N)C3)C2)C1. The van der Waals surface area contributed by atoms with E-state index in [-0.39, 0.29) is 17.2 Å². The molecule has 2 saturated heterocycles. The highest BCUT2D eigenvalue weighted by atomic mass is 32.1. The van der Waals surface area contributed by atoms with E-state index in [0.717, 1.165) is 58.9 Å². The van der Waals surface area contributed by atoms with Crippen LogP contribution in [-0.4, -0.2) is 86.3 Å². The summed E-state index contributed by atoms with van der Waals surface area (Å²) in [6.45, 7) is 13.1. The molecule has 3 aliphatic rings. The second-order valence-electron chi connectivity index (χ2n) is 10.8. The maximum absolute atomic E-state index is 13.3. The minimum atomic E-state index is -0.497. The molecule has 1 aliphatic carbocycles. The van der Waals surface area contributed by atoms with Crippen molar-refractivity contribution in [3.63, 3.8) is 0 Å². The quantitative estimate of drug-likeness (QED) is 0.453. The Bertz CT molecular complexity index is 1450. The number of carbonyl (C=O) groups excluding carboxylic acids is 2. The van der Waals surface area contributed by atoms with E-state index in [2.05, 4.69) is 31.2 Å². The Morgan fingerprint density at radius 3 is 2.51 bits per heavy atom. The molecule has 3 fully saturated rings. The van der Waals surface area contributed by atoms with Gasteiger partial charge in [0.05, 0.1) is 32.9 Å². The Morgan fingerprint density at radius 2 is 1.90 bits per heavy atom. The molecule has 2 amide bonds. The summed E-state index contributed by atoms with van der Waals surface area (Å²) in [5.41, 5.74) is 2.60. The molecule has 6 rings (SSSR count). The summed E-state index contributed by atoms with van der Waals surface area (Å²) in [6.07, 6.45) is 3.68. The largest absolute Gasteiger partial charge is 0.342 e. The van der Waals surface area contributed by atoms with Crippen molar-refractivity contribution in [2.75, 3.05) is 38.0 Å². The van der Waals surface area contributed by atoms with E-state index < -0.39 is 6.04 Å². The van der Waals surface area contributed by atoms with Gasteiger partial charge in [0.25, 0.3) is 5.91 Å². The number of nitriles is 1. The van der Waals surface area contributed by atoms with Crippen LogP contribution in [-0.2, 0) is 4.79 Å². The number of hydrogen-bond acceptors (Lipinski definition) is 10. The zero-order valence-corrected chi connectivity index (χ0v) is 25.8. The van der Waals surface area contributed by atoms with Crippen molar-refractivity contribution in [1.29, 1.82) is 5.26 Å². The predicted octanol–water partition coefficient (Wildman–Crippen LogP) is 4.71. The molecule has 5 heterocycles. The molecule has 0 aromatic carbocycles. The van der Waals surface area contributed by atoms with Gasteiger partial charge in [-0.1, -0.05) is 13.8 Å². The number of rotatable bonds is 5. The maximum atomic E-state index is 13.3. The first-order valence-corrected chi connectivity index (χ1v) is 15.8. The smallest absolute Gasteiger partial charge is 0.256 e. The van der Waals surface area contributed by atoms with Gasteiger partial charge in [-0.25, -0.2) is 15.0 Å². The Balaban J connectivity index is 0.00000165. The van der Waals surface area contributed by atoms with Crippen molar-refractivity contribution in [3.8, 4) is 16.6 Å². The summed E-state index contributed by atoms with van der Waals surface area (Å²) in [4.78, 5) is 45.4. The van der Waals surface area contributed by atoms with Gasteiger partial charge >= 0.3 is 0 Å². The summed E-state index contributed by atoms with van der Waals surface area (Å²) in [6, 6.07) is 5.78. The lowest BCUT2D eigenvalue weighted by molar-refractivity contribution is -0.156. The van der Waals surface area contributed by atoms with Crippen LogP contribution in [0.3, 0.4) is 0 Å². The highest BCUT2D eigenvalue weighted by molar-refractivity contribution is 7.16. The Hall–Kier alpha value is -3.40. The van der Waals surface area contributed by atoms with Gasteiger partial charge in [0.15, 0.2) is 5.13 Å². The Labute approximate surface area is 249 Å². The summed E-state index contributed by atoms with van der Waals surface area (Å²) in [7, 11) is 0. The lowest BCUT2D eigenvalue weighted by atomic mass is 9.60. The second kappa shape index (κ2) is 11.8. The van der Waals surface area contributed by atoms with Crippen LogP contribution in [0, 0.1) is 30.6 Å². The number of anilines is 2. The molecule has 1 saturated carbocycles. The molecule has 3 aromatic rings. The van der Waals surface area contributed by atoms with Gasteiger partial charge in [-0.2, -0.15) is 5.26 Å². The van der Waals surface area contributed by atoms with Crippen molar-refractivity contribution >= 4 is 45.4 Å². The third kappa shape index (κ3) is 5.84. The number of nitrogens with one attached hydrogen (secondary N) is 1. The summed E-state index contributed by atoms with van der Waals surface area (Å²) in [5, 5.41) is 16.8. The van der Waals surface area contributed by atoms with Crippen LogP contribution in [0.15, 0.2) is 23.7 Å². The second-order valence-corrected chi connectivity index (χ2v) is 12.9. The van der Waals surface area contributed by atoms with E-state index in [1.54, 1.807) is 41.5 Å². The summed E-state index contributed by atoms with van der Waals surface area (Å²) >= 11 is 3.12. The van der Waals surface area contributed by atoms with Crippen LogP contribution in [0.4, 0.5) is 10.9 Å². The zero-order valence-electron chi connectivity index (χ0n) is 24.2. The standard InChI is InChI=1S/C27H30N8O2S2.C2H6/c1-16-24(39-17(2)30-16)22-13-38-26(31-22)32-23-5-4-19(11-29-23)25(37)35-7-6-33(12-21(35)10-28)20-8-27(9-20)14-34(15-27)18(3)36;1-2/h4-5,11,13,20-21H,6-9,12,14-15H2,1-3H3,(H,29,31,32);1-2H3/t21-;/m1./s1. The number of nitrogens with zero attached hydrogens (tertiary/aromatic N) is 7. The van der Waals surface area contributed by atoms with Crippen molar-refractivity contribution in [3.05, 3.63) is 40.0 Å². The molecule has 12 heteroatoms. The van der Waals surface area contributed by atoms with Gasteiger partial charge in [-0.3, -0.25) is 14.5 Å². The van der Waals surface area contributed by atoms with Gasteiger partial charge in [-0.05, 0) is 38.8 Å². The molecule has 2 aliphatic heterocycles. The average Bonchev–Trinajstić information content (AvgIpc) is 3.52. The van der Waals surface area contributed by atoms with E-state index in [1.807, 2.05) is 38.0 Å². The van der Waals surface area contributed by atoms with Crippen molar-refractivity contribution in [2.45, 2.75) is 59.5 Å². The number of likely N-dealkylation sites (tertiary alicyclic amines) is 1. The molecule has 1 atom stereocenters. The molecule has 0 bridgehead atoms. The monoisotopic (exact) mass is 592 g/mol. The van der Waals surface area contributed by atoms with Crippen LogP contribution >= 0.6 is 22.7 Å². The Morgan fingerprint density at radius 1 is 1.15 bits per heavy atom. The predicted molar refractivity (Wildman–Crippen MR) is 161 cm³/mol. The fourth-order valence-electron chi connectivity index (χ4n) is 6.01. The minimum Gasteiger partial charge on any atom is -0.342 e. The maximum Gasteiger partial charge on any atom is 0.256 e. The fraction of sp³-hybridized carbons (Fsp3) is 0.517. The lowest BCUT2D eigenvalue weighted by Crippen LogP contribution is -2.69. The first-order valence-electron chi connectivity index (χ1n) is 14.1.